The fourth-order valence-corrected chi connectivity index (χ4v) is 0.734. The summed E-state index contributed by atoms with van der Waals surface area (Å²) in [6.45, 7) is 1.99. The number of halogens is 1. The Balaban J connectivity index is 2.46. The van der Waals surface area contributed by atoms with E-state index >= 15 is 0 Å². The maximum atomic E-state index is 10.8. The van der Waals surface area contributed by atoms with Crippen LogP contribution in [0.3, 0.4) is 0 Å². The average molecular weight is 191 g/mol. The lowest BCUT2D eigenvalue weighted by molar-refractivity contribution is -0.144. The lowest BCUT2D eigenvalue weighted by Gasteiger charge is -1.98. The van der Waals surface area contributed by atoms with Crippen LogP contribution in [-0.4, -0.2) is 32.8 Å². The Hall–Kier alpha value is -1.17. The maximum absolute atomic E-state index is 10.8. The summed E-state index contributed by atoms with van der Waals surface area (Å²) in [6, 6.07) is 0. The number of carbonyl (C=O) groups excluding carboxylic acids is 1. The number of ether oxygens (including phenoxy) is 1. The molecule has 0 radical (unpaired) electrons. The standard InChI is InChI=1S/C5H7ClN4O2/c1-2-12-4(11)3-10-8-5(6)7-9-10/h2-3H2,1H3. The third kappa shape index (κ3) is 2.46. The molecule has 0 bridgehead atoms. The molecule has 66 valence electrons. The number of hydrogen-bond acceptors (Lipinski definition) is 5. The van der Waals surface area contributed by atoms with Gasteiger partial charge in [-0.15, -0.1) is 5.10 Å². The summed E-state index contributed by atoms with van der Waals surface area (Å²) in [6.07, 6.45) is 0. The van der Waals surface area contributed by atoms with Gasteiger partial charge in [-0.2, -0.15) is 4.80 Å². The predicted octanol–water partition coefficient (Wildman–Crippen LogP) is -0.110. The minimum Gasteiger partial charge on any atom is -0.465 e. The molecule has 0 unspecified atom stereocenters. The van der Waals surface area contributed by atoms with E-state index in [0.29, 0.717) is 6.61 Å². The first-order valence-electron chi connectivity index (χ1n) is 3.31. The quantitative estimate of drug-likeness (QED) is 0.622. The lowest BCUT2D eigenvalue weighted by Crippen LogP contribution is -2.15. The molecule has 7 heteroatoms. The van der Waals surface area contributed by atoms with Crippen molar-refractivity contribution in [1.29, 1.82) is 0 Å². The molecule has 0 spiro atoms. The SMILES string of the molecule is CCOC(=O)Cn1nnc(Cl)n1. The van der Waals surface area contributed by atoms with Crippen molar-refractivity contribution in [2.24, 2.45) is 0 Å². The summed E-state index contributed by atoms with van der Waals surface area (Å²) < 4.78 is 4.64. The topological polar surface area (TPSA) is 69.9 Å². The molecule has 0 amide bonds. The molecule has 0 atom stereocenters. The zero-order valence-corrected chi connectivity index (χ0v) is 7.15. The number of esters is 1. The summed E-state index contributed by atoms with van der Waals surface area (Å²) in [5.41, 5.74) is 0. The average Bonchev–Trinajstić information content (AvgIpc) is 2.36. The molecular weight excluding hydrogens is 184 g/mol. The molecule has 1 heterocycles. The molecule has 0 N–H and O–H groups in total. The molecule has 0 aliphatic carbocycles. The van der Waals surface area contributed by atoms with E-state index in [2.05, 4.69) is 20.1 Å². The van der Waals surface area contributed by atoms with Crippen molar-refractivity contribution in [3.63, 3.8) is 0 Å². The molecule has 1 rings (SSSR count). The first-order chi connectivity index (χ1) is 5.72. The van der Waals surface area contributed by atoms with E-state index < -0.39 is 5.97 Å². The van der Waals surface area contributed by atoms with Crippen LogP contribution >= 0.6 is 11.6 Å². The minimum atomic E-state index is -0.411. The Morgan fingerprint density at radius 3 is 3.00 bits per heavy atom. The Labute approximate surface area is 73.5 Å². The van der Waals surface area contributed by atoms with Crippen molar-refractivity contribution < 1.29 is 9.53 Å². The first kappa shape index (κ1) is 8.92. The van der Waals surface area contributed by atoms with Crippen LogP contribution in [0.15, 0.2) is 0 Å². The molecule has 0 saturated carbocycles. The van der Waals surface area contributed by atoms with Gasteiger partial charge in [0, 0.05) is 0 Å². The smallest absolute Gasteiger partial charge is 0.329 e. The van der Waals surface area contributed by atoms with Gasteiger partial charge in [-0.25, -0.2) is 4.79 Å². The fourth-order valence-electron chi connectivity index (χ4n) is 0.613. The Morgan fingerprint density at radius 2 is 2.50 bits per heavy atom. The van der Waals surface area contributed by atoms with E-state index in [-0.39, 0.29) is 11.8 Å². The van der Waals surface area contributed by atoms with Crippen LogP contribution in [0.2, 0.25) is 5.28 Å². The van der Waals surface area contributed by atoms with Gasteiger partial charge in [0.15, 0.2) is 6.54 Å². The van der Waals surface area contributed by atoms with Gasteiger partial charge in [-0.1, -0.05) is 5.10 Å². The van der Waals surface area contributed by atoms with E-state index in [0.717, 1.165) is 4.80 Å². The zero-order chi connectivity index (χ0) is 8.97. The second-order valence-electron chi connectivity index (χ2n) is 1.89. The molecule has 0 aromatic carbocycles. The van der Waals surface area contributed by atoms with E-state index in [1.165, 1.54) is 0 Å². The van der Waals surface area contributed by atoms with Crippen LogP contribution in [0, 0.1) is 0 Å². The largest absolute Gasteiger partial charge is 0.465 e. The van der Waals surface area contributed by atoms with Gasteiger partial charge < -0.3 is 4.74 Å². The Kier molecular flexibility index (Phi) is 2.98. The number of carbonyl (C=O) groups is 1. The van der Waals surface area contributed by atoms with Crippen molar-refractivity contribution in [3.8, 4) is 0 Å². The van der Waals surface area contributed by atoms with Gasteiger partial charge in [0.1, 0.15) is 0 Å². The van der Waals surface area contributed by atoms with E-state index in [1.54, 1.807) is 6.92 Å². The van der Waals surface area contributed by atoms with Crippen LogP contribution in [0.5, 0.6) is 0 Å². The van der Waals surface area contributed by atoms with Crippen molar-refractivity contribution in [2.75, 3.05) is 6.61 Å². The van der Waals surface area contributed by atoms with Crippen LogP contribution in [0.4, 0.5) is 0 Å². The number of tetrazole rings is 1. The number of aromatic nitrogens is 4. The minimum absolute atomic E-state index is 0.0132. The van der Waals surface area contributed by atoms with Gasteiger partial charge in [0.25, 0.3) is 5.28 Å². The predicted molar refractivity (Wildman–Crippen MR) is 39.5 cm³/mol. The van der Waals surface area contributed by atoms with Gasteiger partial charge in [-0.05, 0) is 23.7 Å². The Morgan fingerprint density at radius 1 is 1.75 bits per heavy atom. The third-order valence-corrected chi connectivity index (χ3v) is 1.16. The molecule has 0 fully saturated rings. The summed E-state index contributed by atoms with van der Waals surface area (Å²) in [7, 11) is 0. The van der Waals surface area contributed by atoms with Crippen molar-refractivity contribution >= 4 is 17.6 Å². The third-order valence-electron chi connectivity index (χ3n) is 1.00. The highest BCUT2D eigenvalue weighted by Crippen LogP contribution is 1.93. The fraction of sp³-hybridized carbons (Fsp3) is 0.600. The molecule has 1 aromatic rings. The molecule has 1 aromatic heterocycles. The highest BCUT2D eigenvalue weighted by atomic mass is 35.5. The summed E-state index contributed by atoms with van der Waals surface area (Å²) in [5, 5.41) is 10.5. The highest BCUT2D eigenvalue weighted by Gasteiger charge is 2.05. The maximum Gasteiger partial charge on any atom is 0.329 e. The summed E-state index contributed by atoms with van der Waals surface area (Å²) >= 11 is 5.36. The van der Waals surface area contributed by atoms with Crippen LogP contribution in [-0.2, 0) is 16.1 Å². The van der Waals surface area contributed by atoms with Crippen LogP contribution in [0.25, 0.3) is 0 Å². The monoisotopic (exact) mass is 190 g/mol. The highest BCUT2D eigenvalue weighted by molar-refractivity contribution is 6.28. The number of hydrogen-bond donors (Lipinski definition) is 0. The molecular formula is C5H7ClN4O2. The van der Waals surface area contributed by atoms with Gasteiger partial charge in [0.05, 0.1) is 6.61 Å². The molecule has 12 heavy (non-hydrogen) atoms. The second-order valence-corrected chi connectivity index (χ2v) is 2.23. The number of nitrogens with zero attached hydrogens (tertiary/aromatic N) is 4. The Bertz CT molecular complexity index is 274. The second kappa shape index (κ2) is 4.01. The van der Waals surface area contributed by atoms with Crippen molar-refractivity contribution in [2.45, 2.75) is 13.5 Å². The molecule has 0 saturated heterocycles. The van der Waals surface area contributed by atoms with Gasteiger partial charge in [-0.3, -0.25) is 0 Å². The van der Waals surface area contributed by atoms with Gasteiger partial charge in [0.2, 0.25) is 0 Å². The van der Waals surface area contributed by atoms with Gasteiger partial charge >= 0.3 is 5.97 Å². The molecule has 6 nitrogen and oxygen atoms in total. The lowest BCUT2D eigenvalue weighted by atomic mass is 10.7. The van der Waals surface area contributed by atoms with E-state index in [4.69, 9.17) is 11.6 Å². The zero-order valence-electron chi connectivity index (χ0n) is 6.40. The first-order valence-corrected chi connectivity index (χ1v) is 3.69. The molecule has 0 aliphatic heterocycles. The van der Waals surface area contributed by atoms with E-state index in [1.807, 2.05) is 0 Å². The van der Waals surface area contributed by atoms with Crippen LogP contribution in [0.1, 0.15) is 6.92 Å². The van der Waals surface area contributed by atoms with Crippen molar-refractivity contribution in [1.82, 2.24) is 20.2 Å². The number of rotatable bonds is 3. The summed E-state index contributed by atoms with van der Waals surface area (Å²) in [5.74, 6) is -0.411. The van der Waals surface area contributed by atoms with Crippen molar-refractivity contribution in [3.05, 3.63) is 5.28 Å². The molecule has 0 aliphatic rings. The summed E-state index contributed by atoms with van der Waals surface area (Å²) in [4.78, 5) is 11.9. The van der Waals surface area contributed by atoms with E-state index in [9.17, 15) is 4.79 Å². The van der Waals surface area contributed by atoms with Crippen LogP contribution < -0.4 is 0 Å². The normalized spacial score (nSPS) is 9.83.